The van der Waals surface area contributed by atoms with Crippen LogP contribution in [0.1, 0.15) is 5.56 Å². The van der Waals surface area contributed by atoms with Crippen LogP contribution in [-0.2, 0) is 4.79 Å². The first-order valence-corrected chi connectivity index (χ1v) is 3.69. The molecule has 0 aliphatic rings. The zero-order chi connectivity index (χ0) is 8.97. The Balaban J connectivity index is 3.12. The Morgan fingerprint density at radius 3 is 2.75 bits per heavy atom. The number of allylic oxidation sites excluding steroid dienone is 1. The first-order valence-electron chi connectivity index (χ1n) is 3.31. The van der Waals surface area contributed by atoms with Crippen molar-refractivity contribution in [2.75, 3.05) is 0 Å². The van der Waals surface area contributed by atoms with Crippen molar-refractivity contribution in [1.82, 2.24) is 0 Å². The van der Waals surface area contributed by atoms with Gasteiger partial charge in [-0.05, 0) is 24.3 Å². The number of hydrogen-bond acceptors (Lipinski definition) is 1. The average Bonchev–Trinajstić information content (AvgIpc) is 2.04. The van der Waals surface area contributed by atoms with Crippen LogP contribution in [-0.4, -0.2) is 6.29 Å². The lowest BCUT2D eigenvalue weighted by atomic mass is 10.2. The van der Waals surface area contributed by atoms with E-state index in [-0.39, 0.29) is 5.56 Å². The molecule has 62 valence electrons. The normalized spacial score (nSPS) is 10.5. The van der Waals surface area contributed by atoms with E-state index in [0.717, 1.165) is 0 Å². The number of aldehydes is 1. The highest BCUT2D eigenvalue weighted by Gasteiger charge is 2.01. The smallest absolute Gasteiger partial charge is 0.142 e. The Morgan fingerprint density at radius 2 is 2.17 bits per heavy atom. The summed E-state index contributed by atoms with van der Waals surface area (Å²) < 4.78 is 12.9. The second kappa shape index (κ2) is 4.02. The highest BCUT2D eigenvalue weighted by atomic mass is 35.5. The van der Waals surface area contributed by atoms with Gasteiger partial charge in [-0.15, -0.1) is 0 Å². The number of hydrogen-bond donors (Lipinski definition) is 0. The van der Waals surface area contributed by atoms with Gasteiger partial charge >= 0.3 is 0 Å². The first-order chi connectivity index (χ1) is 5.75. The lowest BCUT2D eigenvalue weighted by Gasteiger charge is -1.97. The van der Waals surface area contributed by atoms with Gasteiger partial charge in [-0.2, -0.15) is 0 Å². The molecule has 0 aliphatic carbocycles. The van der Waals surface area contributed by atoms with Gasteiger partial charge in [-0.25, -0.2) is 4.39 Å². The summed E-state index contributed by atoms with van der Waals surface area (Å²) in [5.74, 6) is -0.430. The van der Waals surface area contributed by atoms with Crippen LogP contribution in [0.3, 0.4) is 0 Å². The number of rotatable bonds is 2. The van der Waals surface area contributed by atoms with Gasteiger partial charge in [0.25, 0.3) is 0 Å². The summed E-state index contributed by atoms with van der Waals surface area (Å²) >= 11 is 5.66. The van der Waals surface area contributed by atoms with Crippen molar-refractivity contribution in [2.24, 2.45) is 0 Å². The van der Waals surface area contributed by atoms with Crippen molar-refractivity contribution >= 4 is 24.0 Å². The molecule has 3 heteroatoms. The molecular weight excluding hydrogens is 179 g/mol. The average molecular weight is 185 g/mol. The molecule has 0 aromatic heterocycles. The molecule has 1 nitrogen and oxygen atoms in total. The summed E-state index contributed by atoms with van der Waals surface area (Å²) in [5.41, 5.74) is 0.242. The third-order valence-corrected chi connectivity index (χ3v) is 1.67. The lowest BCUT2D eigenvalue weighted by Crippen LogP contribution is -1.82. The van der Waals surface area contributed by atoms with Crippen LogP contribution in [0.5, 0.6) is 0 Å². The van der Waals surface area contributed by atoms with Gasteiger partial charge in [0.15, 0.2) is 0 Å². The van der Waals surface area contributed by atoms with E-state index in [2.05, 4.69) is 0 Å². The molecule has 12 heavy (non-hydrogen) atoms. The van der Waals surface area contributed by atoms with E-state index in [1.54, 1.807) is 6.07 Å². The minimum absolute atomic E-state index is 0.242. The summed E-state index contributed by atoms with van der Waals surface area (Å²) in [6.45, 7) is 0. The van der Waals surface area contributed by atoms with Crippen molar-refractivity contribution in [3.05, 3.63) is 40.7 Å². The fourth-order valence-corrected chi connectivity index (χ4v) is 1.03. The summed E-state index contributed by atoms with van der Waals surface area (Å²) in [5, 5.41) is 0.299. The first kappa shape index (κ1) is 8.94. The van der Waals surface area contributed by atoms with E-state index >= 15 is 0 Å². The molecule has 0 N–H and O–H groups in total. The number of benzene rings is 1. The summed E-state index contributed by atoms with van der Waals surface area (Å²) in [4.78, 5) is 9.95. The van der Waals surface area contributed by atoms with Gasteiger partial charge in [0.05, 0.1) is 5.02 Å². The van der Waals surface area contributed by atoms with Crippen LogP contribution in [0.2, 0.25) is 5.02 Å². The van der Waals surface area contributed by atoms with Gasteiger partial charge in [0, 0.05) is 5.56 Å². The molecule has 1 aromatic rings. The predicted octanol–water partition coefficient (Wildman–Crippen LogP) is 2.69. The number of halogens is 2. The molecule has 0 atom stereocenters. The van der Waals surface area contributed by atoms with Crippen molar-refractivity contribution in [3.63, 3.8) is 0 Å². The van der Waals surface area contributed by atoms with Crippen LogP contribution >= 0.6 is 11.6 Å². The summed E-state index contributed by atoms with van der Waals surface area (Å²) in [7, 11) is 0. The van der Waals surface area contributed by atoms with Crippen LogP contribution in [0.4, 0.5) is 4.39 Å². The fourth-order valence-electron chi connectivity index (χ4n) is 0.805. The molecule has 0 bridgehead atoms. The zero-order valence-electron chi connectivity index (χ0n) is 6.13. The van der Waals surface area contributed by atoms with Crippen molar-refractivity contribution in [3.8, 4) is 0 Å². The summed E-state index contributed by atoms with van der Waals surface area (Å²) in [6, 6.07) is 4.36. The molecular formula is C9H6ClFO. The largest absolute Gasteiger partial charge is 0.299 e. The molecule has 1 rings (SSSR count). The van der Waals surface area contributed by atoms with Crippen LogP contribution in [0, 0.1) is 5.82 Å². The van der Waals surface area contributed by atoms with Crippen molar-refractivity contribution < 1.29 is 9.18 Å². The Morgan fingerprint density at radius 1 is 1.42 bits per heavy atom. The van der Waals surface area contributed by atoms with E-state index in [0.29, 0.717) is 11.3 Å². The molecule has 0 unspecified atom stereocenters. The van der Waals surface area contributed by atoms with Crippen molar-refractivity contribution in [2.45, 2.75) is 0 Å². The van der Waals surface area contributed by atoms with Gasteiger partial charge in [0.1, 0.15) is 12.1 Å². The highest BCUT2D eigenvalue weighted by molar-refractivity contribution is 6.32. The van der Waals surface area contributed by atoms with Crippen molar-refractivity contribution in [1.29, 1.82) is 0 Å². The molecule has 0 saturated carbocycles. The zero-order valence-corrected chi connectivity index (χ0v) is 6.88. The quantitative estimate of drug-likeness (QED) is 0.510. The topological polar surface area (TPSA) is 17.1 Å². The van der Waals surface area contributed by atoms with E-state index in [1.807, 2.05) is 0 Å². The minimum atomic E-state index is -0.430. The standard InChI is InChI=1S/C9H6ClFO/c10-8-4-1-5-9(11)7(8)3-2-6-12/h1-6H/b3-2-. The Hall–Kier alpha value is -1.15. The van der Waals surface area contributed by atoms with E-state index in [9.17, 15) is 9.18 Å². The predicted molar refractivity (Wildman–Crippen MR) is 46.5 cm³/mol. The molecule has 0 aliphatic heterocycles. The number of carbonyl (C=O) groups is 1. The van der Waals surface area contributed by atoms with E-state index < -0.39 is 5.82 Å². The maximum absolute atomic E-state index is 12.9. The fraction of sp³-hybridized carbons (Fsp3) is 0. The molecule has 1 aromatic carbocycles. The highest BCUT2D eigenvalue weighted by Crippen LogP contribution is 2.19. The molecule has 0 fully saturated rings. The van der Waals surface area contributed by atoms with Crippen LogP contribution in [0.15, 0.2) is 24.3 Å². The Labute approximate surface area is 74.5 Å². The molecule has 0 amide bonds. The van der Waals surface area contributed by atoms with E-state index in [4.69, 9.17) is 11.6 Å². The third kappa shape index (κ3) is 1.92. The minimum Gasteiger partial charge on any atom is -0.299 e. The SMILES string of the molecule is O=C/C=C\c1c(F)cccc1Cl. The lowest BCUT2D eigenvalue weighted by molar-refractivity contribution is -0.104. The molecule has 0 spiro atoms. The Bertz CT molecular complexity index is 300. The number of carbonyl (C=O) groups excluding carboxylic acids is 1. The summed E-state index contributed by atoms with van der Waals surface area (Å²) in [6.07, 6.45) is 3.11. The molecule has 0 heterocycles. The maximum atomic E-state index is 12.9. The van der Waals surface area contributed by atoms with Gasteiger partial charge in [-0.1, -0.05) is 17.7 Å². The Kier molecular flexibility index (Phi) is 3.00. The van der Waals surface area contributed by atoms with Crippen LogP contribution < -0.4 is 0 Å². The second-order valence-corrected chi connectivity index (χ2v) is 2.54. The van der Waals surface area contributed by atoms with E-state index in [1.165, 1.54) is 24.3 Å². The van der Waals surface area contributed by atoms with Gasteiger partial charge < -0.3 is 0 Å². The second-order valence-electron chi connectivity index (χ2n) is 2.13. The third-order valence-electron chi connectivity index (χ3n) is 1.34. The van der Waals surface area contributed by atoms with Gasteiger partial charge in [0.2, 0.25) is 0 Å². The maximum Gasteiger partial charge on any atom is 0.142 e. The monoisotopic (exact) mass is 184 g/mol. The molecule has 0 radical (unpaired) electrons. The van der Waals surface area contributed by atoms with Crippen LogP contribution in [0.25, 0.3) is 6.08 Å². The molecule has 0 saturated heterocycles. The van der Waals surface area contributed by atoms with Gasteiger partial charge in [-0.3, -0.25) is 4.79 Å².